The Balaban J connectivity index is 1.48. The number of hydrogen-bond donors (Lipinski definition) is 1. The van der Waals surface area contributed by atoms with Crippen LogP contribution >= 0.6 is 11.3 Å². The summed E-state index contributed by atoms with van der Waals surface area (Å²) in [5.41, 5.74) is 4.39. The average Bonchev–Trinajstić information content (AvgIpc) is 3.34. The number of nitrogens with zero attached hydrogens (tertiary/aromatic N) is 2. The lowest BCUT2D eigenvalue weighted by Gasteiger charge is -2.09. The second-order valence-corrected chi connectivity index (χ2v) is 7.06. The minimum absolute atomic E-state index is 0.752. The van der Waals surface area contributed by atoms with Crippen molar-refractivity contribution in [3.63, 3.8) is 0 Å². The highest BCUT2D eigenvalue weighted by molar-refractivity contribution is 7.15. The predicted octanol–water partition coefficient (Wildman–Crippen LogP) is 4.49. The quantitative estimate of drug-likeness (QED) is 0.547. The molecule has 0 aliphatic rings. The number of imidazole rings is 1. The highest BCUT2D eigenvalue weighted by Gasteiger charge is 2.08. The predicted molar refractivity (Wildman–Crippen MR) is 104 cm³/mol. The Hall–Kier alpha value is -2.86. The van der Waals surface area contributed by atoms with Crippen LogP contribution in [0.1, 0.15) is 10.6 Å². The summed E-state index contributed by atoms with van der Waals surface area (Å²) < 4.78 is 10.7. The lowest BCUT2D eigenvalue weighted by Crippen LogP contribution is -1.94. The molecule has 0 amide bonds. The number of nitrogens with one attached hydrogen (secondary N) is 1. The molecule has 0 fully saturated rings. The highest BCUT2D eigenvalue weighted by atomic mass is 32.1. The zero-order chi connectivity index (χ0) is 17.9. The molecule has 0 atom stereocenters. The molecule has 0 aliphatic heterocycles. The van der Waals surface area contributed by atoms with Gasteiger partial charge in [0.1, 0.15) is 0 Å². The first-order chi connectivity index (χ1) is 12.8. The summed E-state index contributed by atoms with van der Waals surface area (Å²) in [5.74, 6) is 1.51. The van der Waals surface area contributed by atoms with E-state index in [4.69, 9.17) is 9.47 Å². The zero-order valence-corrected chi connectivity index (χ0v) is 15.5. The van der Waals surface area contributed by atoms with Crippen molar-refractivity contribution in [2.45, 2.75) is 12.8 Å². The van der Waals surface area contributed by atoms with E-state index in [9.17, 15) is 0 Å². The Kier molecular flexibility index (Phi) is 4.58. The topological polar surface area (TPSA) is 60.0 Å². The summed E-state index contributed by atoms with van der Waals surface area (Å²) in [7, 11) is 3.31. The van der Waals surface area contributed by atoms with Gasteiger partial charge in [-0.05, 0) is 41.8 Å². The van der Waals surface area contributed by atoms with Crippen LogP contribution < -0.4 is 9.47 Å². The highest BCUT2D eigenvalue weighted by Crippen LogP contribution is 2.30. The molecule has 6 heteroatoms. The van der Waals surface area contributed by atoms with Crippen molar-refractivity contribution >= 4 is 22.4 Å². The summed E-state index contributed by atoms with van der Waals surface area (Å²) in [6, 6.07) is 12.3. The largest absolute Gasteiger partial charge is 0.493 e. The molecule has 0 unspecified atom stereocenters. The number of thiazole rings is 1. The fourth-order valence-corrected chi connectivity index (χ4v) is 3.85. The molecule has 0 bridgehead atoms. The van der Waals surface area contributed by atoms with E-state index in [1.165, 1.54) is 10.4 Å². The van der Waals surface area contributed by atoms with Crippen molar-refractivity contribution in [2.24, 2.45) is 0 Å². The summed E-state index contributed by atoms with van der Waals surface area (Å²) in [6.45, 7) is 0. The van der Waals surface area contributed by atoms with Gasteiger partial charge in [-0.3, -0.25) is 0 Å². The van der Waals surface area contributed by atoms with Crippen LogP contribution in [0.15, 0.2) is 48.9 Å². The van der Waals surface area contributed by atoms with E-state index < -0.39 is 0 Å². The molecule has 4 aromatic rings. The maximum atomic E-state index is 5.37. The number of H-pyrrole nitrogens is 1. The molecule has 26 heavy (non-hydrogen) atoms. The summed E-state index contributed by atoms with van der Waals surface area (Å²) in [4.78, 5) is 13.2. The van der Waals surface area contributed by atoms with Crippen molar-refractivity contribution in [3.8, 4) is 21.9 Å². The minimum atomic E-state index is 0.752. The van der Waals surface area contributed by atoms with Crippen molar-refractivity contribution < 1.29 is 9.47 Å². The van der Waals surface area contributed by atoms with Crippen LogP contribution in [0.3, 0.4) is 0 Å². The van der Waals surface area contributed by atoms with Crippen molar-refractivity contribution in [1.82, 2.24) is 15.0 Å². The van der Waals surface area contributed by atoms with Gasteiger partial charge < -0.3 is 14.5 Å². The second-order valence-electron chi connectivity index (χ2n) is 5.94. The van der Waals surface area contributed by atoms with Gasteiger partial charge in [-0.15, -0.1) is 11.3 Å². The molecular weight excluding hydrogens is 346 g/mol. The van der Waals surface area contributed by atoms with E-state index in [0.717, 1.165) is 45.9 Å². The molecule has 5 nitrogen and oxygen atoms in total. The molecule has 1 N–H and O–H groups in total. The van der Waals surface area contributed by atoms with Crippen LogP contribution in [-0.2, 0) is 12.8 Å². The molecule has 0 aliphatic carbocycles. The maximum Gasteiger partial charge on any atom is 0.160 e. The lowest BCUT2D eigenvalue weighted by atomic mass is 10.1. The van der Waals surface area contributed by atoms with E-state index in [2.05, 4.69) is 33.2 Å². The Labute approximate surface area is 155 Å². The van der Waals surface area contributed by atoms with Gasteiger partial charge in [0.15, 0.2) is 11.5 Å². The number of benzene rings is 2. The van der Waals surface area contributed by atoms with E-state index in [1.54, 1.807) is 31.9 Å². The third kappa shape index (κ3) is 3.28. The molecular formula is C20H19N3O2S. The van der Waals surface area contributed by atoms with Crippen LogP contribution in [0.4, 0.5) is 0 Å². The summed E-state index contributed by atoms with van der Waals surface area (Å²) in [6.07, 6.45) is 5.47. The number of methoxy groups -OCH3 is 2. The molecule has 0 saturated carbocycles. The normalized spacial score (nSPS) is 11.0. The van der Waals surface area contributed by atoms with Crippen LogP contribution in [-0.4, -0.2) is 29.2 Å². The van der Waals surface area contributed by atoms with Gasteiger partial charge in [-0.2, -0.15) is 0 Å². The molecule has 4 rings (SSSR count). The van der Waals surface area contributed by atoms with Gasteiger partial charge in [0.25, 0.3) is 0 Å². The van der Waals surface area contributed by atoms with Gasteiger partial charge >= 0.3 is 0 Å². The summed E-state index contributed by atoms with van der Waals surface area (Å²) in [5, 5.41) is 1.12. The smallest absolute Gasteiger partial charge is 0.160 e. The number of hydrogen-bond acceptors (Lipinski definition) is 5. The van der Waals surface area contributed by atoms with Crippen LogP contribution in [0, 0.1) is 0 Å². The van der Waals surface area contributed by atoms with Gasteiger partial charge in [-0.25, -0.2) is 9.97 Å². The Morgan fingerprint density at radius 3 is 2.69 bits per heavy atom. The molecule has 2 aromatic heterocycles. The van der Waals surface area contributed by atoms with Crippen molar-refractivity contribution in [2.75, 3.05) is 14.2 Å². The van der Waals surface area contributed by atoms with Crippen molar-refractivity contribution in [3.05, 3.63) is 59.5 Å². The van der Waals surface area contributed by atoms with E-state index in [-0.39, 0.29) is 0 Å². The average molecular weight is 365 g/mol. The van der Waals surface area contributed by atoms with E-state index in [1.807, 2.05) is 24.4 Å². The first kappa shape index (κ1) is 16.6. The number of aromatic nitrogens is 3. The fourth-order valence-electron chi connectivity index (χ4n) is 2.94. The monoisotopic (exact) mass is 365 g/mol. The minimum Gasteiger partial charge on any atom is -0.493 e. The van der Waals surface area contributed by atoms with Gasteiger partial charge in [0, 0.05) is 12.6 Å². The first-order valence-corrected chi connectivity index (χ1v) is 9.17. The molecule has 2 heterocycles. The number of aromatic amines is 1. The fraction of sp³-hybridized carbons (Fsp3) is 0.200. The SMILES string of the molecule is COc1ccc(CCc2ncc(-c3ccc4nc[nH]c4c3)s2)cc1OC. The lowest BCUT2D eigenvalue weighted by molar-refractivity contribution is 0.354. The molecule has 0 saturated heterocycles. The van der Waals surface area contributed by atoms with E-state index in [0.29, 0.717) is 0 Å². The third-order valence-electron chi connectivity index (χ3n) is 4.33. The Bertz CT molecular complexity index is 1040. The van der Waals surface area contributed by atoms with Gasteiger partial charge in [-0.1, -0.05) is 12.1 Å². The number of rotatable bonds is 6. The van der Waals surface area contributed by atoms with Crippen molar-refractivity contribution in [1.29, 1.82) is 0 Å². The maximum absolute atomic E-state index is 5.37. The number of aryl methyl sites for hydroxylation is 2. The third-order valence-corrected chi connectivity index (χ3v) is 5.44. The van der Waals surface area contributed by atoms with Crippen LogP contribution in [0.5, 0.6) is 11.5 Å². The zero-order valence-electron chi connectivity index (χ0n) is 14.7. The van der Waals surface area contributed by atoms with E-state index >= 15 is 0 Å². The molecule has 0 spiro atoms. The molecule has 0 radical (unpaired) electrons. The van der Waals surface area contributed by atoms with Gasteiger partial charge in [0.05, 0.1) is 41.5 Å². The number of ether oxygens (including phenoxy) is 2. The summed E-state index contributed by atoms with van der Waals surface area (Å²) >= 11 is 1.73. The van der Waals surface area contributed by atoms with Crippen LogP contribution in [0.25, 0.3) is 21.5 Å². The second kappa shape index (κ2) is 7.17. The van der Waals surface area contributed by atoms with Crippen LogP contribution in [0.2, 0.25) is 0 Å². The Morgan fingerprint density at radius 2 is 1.85 bits per heavy atom. The Morgan fingerprint density at radius 1 is 0.962 bits per heavy atom. The number of fused-ring (bicyclic) bond motifs is 1. The first-order valence-electron chi connectivity index (χ1n) is 8.36. The standard InChI is InChI=1S/C20H19N3O2S/c1-24-17-7-3-13(9-18(17)25-2)4-8-20-21-11-19(26-20)14-5-6-15-16(10-14)23-12-22-15/h3,5-7,9-12H,4,8H2,1-2H3,(H,22,23). The van der Waals surface area contributed by atoms with Gasteiger partial charge in [0.2, 0.25) is 0 Å². The molecule has 132 valence electrons. The molecule has 2 aromatic carbocycles.